The first-order valence-electron chi connectivity index (χ1n) is 6.56. The number of nitrogens with zero attached hydrogens (tertiary/aromatic N) is 2. The number of rotatable bonds is 2. The predicted molar refractivity (Wildman–Crippen MR) is 72.3 cm³/mol. The number of aliphatic hydroxyl groups excluding tert-OH is 1. The molecule has 0 saturated carbocycles. The summed E-state index contributed by atoms with van der Waals surface area (Å²) < 4.78 is 31.7. The van der Waals surface area contributed by atoms with Gasteiger partial charge in [-0.15, -0.1) is 0 Å². The lowest BCUT2D eigenvalue weighted by molar-refractivity contribution is -0.192. The molecule has 1 fully saturated rings. The van der Waals surface area contributed by atoms with Crippen molar-refractivity contribution in [3.05, 3.63) is 30.1 Å². The van der Waals surface area contributed by atoms with Crippen molar-refractivity contribution in [2.75, 3.05) is 6.54 Å². The fraction of sp³-hybridized carbons (Fsp3) is 0.462. The summed E-state index contributed by atoms with van der Waals surface area (Å²) in [5, 5.41) is 16.9. The van der Waals surface area contributed by atoms with Crippen molar-refractivity contribution in [1.29, 1.82) is 0 Å². The number of nitrogens with two attached hydrogens (primary N) is 1. The monoisotopic (exact) mass is 335 g/mol. The van der Waals surface area contributed by atoms with E-state index in [-0.39, 0.29) is 6.04 Å². The van der Waals surface area contributed by atoms with Gasteiger partial charge in [-0.25, -0.2) is 9.59 Å². The van der Waals surface area contributed by atoms with Crippen molar-refractivity contribution in [3.63, 3.8) is 0 Å². The normalized spacial score (nSPS) is 20.6. The summed E-state index contributed by atoms with van der Waals surface area (Å²) >= 11 is 0. The molecule has 1 aromatic rings. The SMILES string of the molecule is NC(=O)N1CC[C@H](O)[C@@H]1Cc1cccnc1.O=C(O)C(F)(F)F. The highest BCUT2D eigenvalue weighted by Gasteiger charge is 2.38. The number of carbonyl (C=O) groups excluding carboxylic acids is 1. The van der Waals surface area contributed by atoms with Crippen LogP contribution in [0.3, 0.4) is 0 Å². The minimum absolute atomic E-state index is 0.221. The lowest BCUT2D eigenvalue weighted by atomic mass is 10.0. The second-order valence-electron chi connectivity index (χ2n) is 4.82. The summed E-state index contributed by atoms with van der Waals surface area (Å²) in [5.41, 5.74) is 6.26. The van der Waals surface area contributed by atoms with Gasteiger partial charge >= 0.3 is 18.2 Å². The number of amides is 2. The van der Waals surface area contributed by atoms with Crippen LogP contribution in [-0.4, -0.2) is 57.0 Å². The van der Waals surface area contributed by atoms with Crippen LogP contribution in [0, 0.1) is 0 Å². The Labute approximate surface area is 129 Å². The number of carbonyl (C=O) groups is 2. The number of aromatic nitrogens is 1. The van der Waals surface area contributed by atoms with Gasteiger partial charge in [0.25, 0.3) is 0 Å². The van der Waals surface area contributed by atoms with Gasteiger partial charge in [0.15, 0.2) is 0 Å². The molecule has 7 nitrogen and oxygen atoms in total. The number of aliphatic hydroxyl groups is 1. The minimum atomic E-state index is -5.08. The molecule has 2 atom stereocenters. The molecule has 1 aliphatic rings. The average molecular weight is 335 g/mol. The number of alkyl halides is 3. The third-order valence-corrected chi connectivity index (χ3v) is 3.20. The number of urea groups is 1. The Kier molecular flexibility index (Phi) is 6.31. The Morgan fingerprint density at radius 3 is 2.48 bits per heavy atom. The number of pyridine rings is 1. The van der Waals surface area contributed by atoms with E-state index in [1.165, 1.54) is 4.90 Å². The van der Waals surface area contributed by atoms with Gasteiger partial charge in [-0.1, -0.05) is 6.07 Å². The zero-order valence-electron chi connectivity index (χ0n) is 11.9. The molecule has 1 aliphatic heterocycles. The molecule has 0 aliphatic carbocycles. The van der Waals surface area contributed by atoms with Gasteiger partial charge in [-0.3, -0.25) is 4.98 Å². The van der Waals surface area contributed by atoms with E-state index in [4.69, 9.17) is 15.6 Å². The number of carboxylic acids is 1. The topological polar surface area (TPSA) is 117 Å². The number of primary amides is 1. The van der Waals surface area contributed by atoms with E-state index < -0.39 is 24.3 Å². The number of carboxylic acid groups (broad SMARTS) is 1. The second kappa shape index (κ2) is 7.77. The van der Waals surface area contributed by atoms with Gasteiger partial charge in [0.05, 0.1) is 12.1 Å². The van der Waals surface area contributed by atoms with Gasteiger partial charge in [-0.2, -0.15) is 13.2 Å². The first-order valence-corrected chi connectivity index (χ1v) is 6.56. The molecule has 0 bridgehead atoms. The zero-order valence-corrected chi connectivity index (χ0v) is 11.9. The lowest BCUT2D eigenvalue weighted by Crippen LogP contribution is -2.43. The molecular weight excluding hydrogens is 319 g/mol. The molecule has 2 rings (SSSR count). The summed E-state index contributed by atoms with van der Waals surface area (Å²) in [4.78, 5) is 25.6. The summed E-state index contributed by atoms with van der Waals surface area (Å²) in [7, 11) is 0. The van der Waals surface area contributed by atoms with Gasteiger partial charge in [0, 0.05) is 18.9 Å². The predicted octanol–water partition coefficient (Wildman–Crippen LogP) is 0.771. The molecule has 2 heterocycles. The number of halogens is 3. The minimum Gasteiger partial charge on any atom is -0.475 e. The number of likely N-dealkylation sites (tertiary alicyclic amines) is 1. The van der Waals surface area contributed by atoms with E-state index in [1.807, 2.05) is 12.1 Å². The van der Waals surface area contributed by atoms with Gasteiger partial charge in [0.2, 0.25) is 0 Å². The molecule has 10 heteroatoms. The van der Waals surface area contributed by atoms with Crippen LogP contribution in [-0.2, 0) is 11.2 Å². The summed E-state index contributed by atoms with van der Waals surface area (Å²) in [6.45, 7) is 0.529. The van der Waals surface area contributed by atoms with Crippen LogP contribution in [0.15, 0.2) is 24.5 Å². The van der Waals surface area contributed by atoms with Crippen molar-refractivity contribution in [2.24, 2.45) is 5.73 Å². The number of aliphatic carboxylic acids is 1. The van der Waals surface area contributed by atoms with Crippen LogP contribution in [0.1, 0.15) is 12.0 Å². The Morgan fingerprint density at radius 1 is 1.43 bits per heavy atom. The first kappa shape index (κ1) is 18.7. The van der Waals surface area contributed by atoms with Crippen LogP contribution >= 0.6 is 0 Å². The fourth-order valence-electron chi connectivity index (χ4n) is 2.12. The maximum Gasteiger partial charge on any atom is 0.490 e. The van der Waals surface area contributed by atoms with Crippen molar-refractivity contribution < 1.29 is 33.0 Å². The van der Waals surface area contributed by atoms with E-state index in [9.17, 15) is 23.1 Å². The van der Waals surface area contributed by atoms with Crippen LogP contribution in [0.2, 0.25) is 0 Å². The molecule has 4 N–H and O–H groups in total. The standard InChI is InChI=1S/C11H15N3O2.C2HF3O2/c12-11(16)14-5-3-10(15)9(14)6-8-2-1-4-13-7-8;3-2(4,5)1(6)7/h1-2,4,7,9-10,15H,3,5-6H2,(H2,12,16);(H,6,7)/t9-,10-;/m0./s1. The largest absolute Gasteiger partial charge is 0.490 e. The highest BCUT2D eigenvalue weighted by molar-refractivity contribution is 5.73. The molecule has 23 heavy (non-hydrogen) atoms. The molecule has 1 aromatic heterocycles. The third kappa shape index (κ3) is 5.74. The van der Waals surface area contributed by atoms with E-state index in [0.717, 1.165) is 5.56 Å². The lowest BCUT2D eigenvalue weighted by Gasteiger charge is -2.24. The van der Waals surface area contributed by atoms with Crippen molar-refractivity contribution >= 4 is 12.0 Å². The Bertz CT molecular complexity index is 539. The maximum absolute atomic E-state index is 11.2. The quantitative estimate of drug-likeness (QED) is 0.738. The van der Waals surface area contributed by atoms with Crippen molar-refractivity contribution in [1.82, 2.24) is 9.88 Å². The van der Waals surface area contributed by atoms with Gasteiger partial charge in [-0.05, 0) is 24.5 Å². The van der Waals surface area contributed by atoms with Crippen LogP contribution in [0.4, 0.5) is 18.0 Å². The Morgan fingerprint density at radius 2 is 2.04 bits per heavy atom. The third-order valence-electron chi connectivity index (χ3n) is 3.20. The summed E-state index contributed by atoms with van der Waals surface area (Å²) in [6, 6.07) is 3.08. The molecular formula is C13H16F3N3O4. The maximum atomic E-state index is 11.2. The molecule has 1 saturated heterocycles. The number of hydrogen-bond acceptors (Lipinski definition) is 4. The van der Waals surface area contributed by atoms with E-state index in [0.29, 0.717) is 19.4 Å². The second-order valence-corrected chi connectivity index (χ2v) is 4.82. The van der Waals surface area contributed by atoms with Gasteiger partial charge < -0.3 is 20.8 Å². The van der Waals surface area contributed by atoms with E-state index in [1.54, 1.807) is 12.4 Å². The molecule has 0 aromatic carbocycles. The van der Waals surface area contributed by atoms with Crippen LogP contribution in [0.5, 0.6) is 0 Å². The van der Waals surface area contributed by atoms with Crippen molar-refractivity contribution in [2.45, 2.75) is 31.2 Å². The van der Waals surface area contributed by atoms with E-state index >= 15 is 0 Å². The van der Waals surface area contributed by atoms with Gasteiger partial charge in [0.1, 0.15) is 0 Å². The fourth-order valence-corrected chi connectivity index (χ4v) is 2.12. The zero-order chi connectivity index (χ0) is 17.6. The molecule has 128 valence electrons. The summed E-state index contributed by atoms with van der Waals surface area (Å²) in [5.74, 6) is -2.76. The molecule has 0 radical (unpaired) electrons. The molecule has 0 unspecified atom stereocenters. The first-order chi connectivity index (χ1) is 10.6. The van der Waals surface area contributed by atoms with E-state index in [2.05, 4.69) is 4.98 Å². The Balaban J connectivity index is 0.000000322. The highest BCUT2D eigenvalue weighted by atomic mass is 19.4. The van der Waals surface area contributed by atoms with Crippen LogP contribution < -0.4 is 5.73 Å². The Hall–Kier alpha value is -2.36. The number of hydrogen-bond donors (Lipinski definition) is 3. The smallest absolute Gasteiger partial charge is 0.475 e. The average Bonchev–Trinajstić information content (AvgIpc) is 2.81. The van der Waals surface area contributed by atoms with Crippen LogP contribution in [0.25, 0.3) is 0 Å². The highest BCUT2D eigenvalue weighted by Crippen LogP contribution is 2.21. The molecule has 0 spiro atoms. The molecule has 2 amide bonds. The summed E-state index contributed by atoms with van der Waals surface area (Å²) in [6.07, 6.45) is -0.955. The van der Waals surface area contributed by atoms with Crippen molar-refractivity contribution in [3.8, 4) is 0 Å².